The number of carbonyl (C=O) groups excluding carboxylic acids is 1. The van der Waals surface area contributed by atoms with Gasteiger partial charge in [-0.1, -0.05) is 0 Å². The van der Waals surface area contributed by atoms with Gasteiger partial charge in [0, 0.05) is 0 Å². The number of H-pyrrole nitrogens is 1. The number of esters is 1. The highest BCUT2D eigenvalue weighted by molar-refractivity contribution is 5.92. The van der Waals surface area contributed by atoms with Crippen molar-refractivity contribution in [3.8, 4) is 5.75 Å². The third-order valence-corrected chi connectivity index (χ3v) is 1.88. The molecule has 0 unspecified atom stereocenters. The fourth-order valence-corrected chi connectivity index (χ4v) is 1.22. The van der Waals surface area contributed by atoms with E-state index in [-0.39, 0.29) is 12.7 Å². The zero-order valence-electron chi connectivity index (χ0n) is 9.82. The topological polar surface area (TPSA) is 112 Å². The molecule has 0 bridgehead atoms. The van der Waals surface area contributed by atoms with Crippen LogP contribution in [0.4, 0.5) is 19.0 Å². The van der Waals surface area contributed by atoms with Crippen LogP contribution in [0, 0.1) is 10.1 Å². The maximum Gasteiger partial charge on any atom is 0.573 e. The zero-order chi connectivity index (χ0) is 15.5. The average Bonchev–Trinajstić information content (AvgIpc) is 2.25. The summed E-state index contributed by atoms with van der Waals surface area (Å²) in [6.07, 6.45) is -5.23. The first-order chi connectivity index (χ1) is 9.15. The Labute approximate surface area is 108 Å². The average molecular weight is 296 g/mol. The Morgan fingerprint density at radius 1 is 1.50 bits per heavy atom. The molecule has 0 aromatic carbocycles. The van der Waals surface area contributed by atoms with Gasteiger partial charge in [0.15, 0.2) is 11.3 Å². The monoisotopic (exact) mass is 296 g/mol. The molecule has 11 heteroatoms. The number of pyridine rings is 1. The van der Waals surface area contributed by atoms with Gasteiger partial charge in [0.1, 0.15) is 0 Å². The molecule has 8 nitrogen and oxygen atoms in total. The maximum absolute atomic E-state index is 12.2. The van der Waals surface area contributed by atoms with Gasteiger partial charge in [0.2, 0.25) is 0 Å². The SMILES string of the molecule is CCOC(=O)c1c(OC(F)(F)F)cc([N+](=O)[O-])[nH]c1=O. The Balaban J connectivity index is 3.44. The number of ether oxygens (including phenoxy) is 2. The standard InChI is InChI=1S/C9H7F3N2O6/c1-2-19-8(16)6-4(20-9(10,11)12)3-5(14(17)18)13-7(6)15/h3H,2H2,1H3,(H,13,15). The number of aromatic amines is 1. The Morgan fingerprint density at radius 3 is 2.55 bits per heavy atom. The second-order valence-corrected chi connectivity index (χ2v) is 3.25. The fraction of sp³-hybridized carbons (Fsp3) is 0.333. The molecule has 1 aromatic rings. The molecule has 0 radical (unpaired) electrons. The van der Waals surface area contributed by atoms with E-state index in [1.165, 1.54) is 6.92 Å². The van der Waals surface area contributed by atoms with Gasteiger partial charge in [-0.05, 0) is 11.8 Å². The molecule has 0 aliphatic carbocycles. The molecule has 0 aliphatic heterocycles. The number of carbonyl (C=O) groups is 1. The summed E-state index contributed by atoms with van der Waals surface area (Å²) in [7, 11) is 0. The molecule has 0 amide bonds. The smallest absolute Gasteiger partial charge is 0.462 e. The predicted molar refractivity (Wildman–Crippen MR) is 56.4 cm³/mol. The minimum Gasteiger partial charge on any atom is -0.462 e. The van der Waals surface area contributed by atoms with Gasteiger partial charge in [0.25, 0.3) is 0 Å². The normalized spacial score (nSPS) is 11.0. The lowest BCUT2D eigenvalue weighted by atomic mass is 10.2. The highest BCUT2D eigenvalue weighted by Crippen LogP contribution is 2.27. The van der Waals surface area contributed by atoms with Crippen molar-refractivity contribution in [1.29, 1.82) is 0 Å². The van der Waals surface area contributed by atoms with Crippen LogP contribution in [-0.2, 0) is 4.74 Å². The Kier molecular flexibility index (Phi) is 4.32. The molecule has 0 fully saturated rings. The molecule has 0 saturated heterocycles. The molecule has 0 aliphatic rings. The van der Waals surface area contributed by atoms with Crippen LogP contribution in [0.15, 0.2) is 10.9 Å². The van der Waals surface area contributed by atoms with Crippen molar-refractivity contribution >= 4 is 11.8 Å². The van der Waals surface area contributed by atoms with Crippen molar-refractivity contribution in [2.24, 2.45) is 0 Å². The number of hydrogen-bond acceptors (Lipinski definition) is 6. The minimum absolute atomic E-state index is 0.208. The lowest BCUT2D eigenvalue weighted by Gasteiger charge is -2.11. The summed E-state index contributed by atoms with van der Waals surface area (Å²) in [6, 6.07) is 0.279. The number of nitrogens with one attached hydrogen (secondary N) is 1. The van der Waals surface area contributed by atoms with E-state index in [1.54, 1.807) is 4.98 Å². The largest absolute Gasteiger partial charge is 0.573 e. The first-order valence-corrected chi connectivity index (χ1v) is 5.00. The van der Waals surface area contributed by atoms with Crippen LogP contribution in [0.2, 0.25) is 0 Å². The van der Waals surface area contributed by atoms with E-state index in [0.29, 0.717) is 0 Å². The molecule has 110 valence electrons. The van der Waals surface area contributed by atoms with E-state index < -0.39 is 39.9 Å². The number of halogens is 3. The molecular formula is C9H7F3N2O6. The van der Waals surface area contributed by atoms with E-state index >= 15 is 0 Å². The molecule has 1 N–H and O–H groups in total. The molecule has 1 aromatic heterocycles. The highest BCUT2D eigenvalue weighted by atomic mass is 19.4. The molecule has 1 rings (SSSR count). The third-order valence-electron chi connectivity index (χ3n) is 1.88. The fourth-order valence-electron chi connectivity index (χ4n) is 1.22. The molecule has 0 atom stereocenters. The lowest BCUT2D eigenvalue weighted by molar-refractivity contribution is -0.389. The van der Waals surface area contributed by atoms with E-state index in [1.807, 2.05) is 0 Å². The van der Waals surface area contributed by atoms with Crippen molar-refractivity contribution in [3.63, 3.8) is 0 Å². The van der Waals surface area contributed by atoms with E-state index in [4.69, 9.17) is 0 Å². The quantitative estimate of drug-likeness (QED) is 0.510. The summed E-state index contributed by atoms with van der Waals surface area (Å²) in [4.78, 5) is 33.8. The lowest BCUT2D eigenvalue weighted by Crippen LogP contribution is -2.26. The zero-order valence-corrected chi connectivity index (χ0v) is 9.82. The van der Waals surface area contributed by atoms with Gasteiger partial charge in [-0.3, -0.25) is 0 Å². The molecule has 0 spiro atoms. The van der Waals surface area contributed by atoms with Crippen molar-refractivity contribution in [3.05, 3.63) is 32.1 Å². The van der Waals surface area contributed by atoms with Crippen molar-refractivity contribution in [1.82, 2.24) is 4.98 Å². The van der Waals surface area contributed by atoms with Crippen LogP contribution in [0.1, 0.15) is 17.3 Å². The Hall–Kier alpha value is -2.59. The number of aromatic nitrogens is 1. The number of alkyl halides is 3. The maximum atomic E-state index is 12.2. The highest BCUT2D eigenvalue weighted by Gasteiger charge is 2.36. The molecule has 0 saturated carbocycles. The number of nitrogens with zero attached hydrogens (tertiary/aromatic N) is 1. The number of hydrogen-bond donors (Lipinski definition) is 1. The molecular weight excluding hydrogens is 289 g/mol. The van der Waals surface area contributed by atoms with Crippen LogP contribution in [-0.4, -0.2) is 28.8 Å². The Bertz CT molecular complexity index is 594. The van der Waals surface area contributed by atoms with Crippen molar-refractivity contribution in [2.45, 2.75) is 13.3 Å². The summed E-state index contributed by atoms with van der Waals surface area (Å²) < 4.78 is 44.4. The van der Waals surface area contributed by atoms with Gasteiger partial charge in [-0.25, -0.2) is 14.6 Å². The summed E-state index contributed by atoms with van der Waals surface area (Å²) in [5.41, 5.74) is -2.52. The summed E-state index contributed by atoms with van der Waals surface area (Å²) >= 11 is 0. The van der Waals surface area contributed by atoms with Gasteiger partial charge < -0.3 is 19.6 Å². The first-order valence-electron chi connectivity index (χ1n) is 5.00. The van der Waals surface area contributed by atoms with Gasteiger partial charge >= 0.3 is 23.7 Å². The van der Waals surface area contributed by atoms with E-state index in [9.17, 15) is 32.9 Å². The van der Waals surface area contributed by atoms with Crippen LogP contribution < -0.4 is 10.3 Å². The van der Waals surface area contributed by atoms with Gasteiger partial charge in [-0.2, -0.15) is 0 Å². The second kappa shape index (κ2) is 5.59. The van der Waals surface area contributed by atoms with Crippen LogP contribution in [0.25, 0.3) is 0 Å². The summed E-state index contributed by atoms with van der Waals surface area (Å²) in [5.74, 6) is -3.74. The van der Waals surface area contributed by atoms with E-state index in [0.717, 1.165) is 0 Å². The minimum atomic E-state index is -5.23. The van der Waals surface area contributed by atoms with Crippen molar-refractivity contribution in [2.75, 3.05) is 6.61 Å². The molecule has 20 heavy (non-hydrogen) atoms. The van der Waals surface area contributed by atoms with Crippen LogP contribution in [0.3, 0.4) is 0 Å². The van der Waals surface area contributed by atoms with Crippen LogP contribution in [0.5, 0.6) is 5.75 Å². The van der Waals surface area contributed by atoms with Crippen LogP contribution >= 0.6 is 0 Å². The van der Waals surface area contributed by atoms with E-state index in [2.05, 4.69) is 9.47 Å². The van der Waals surface area contributed by atoms with Gasteiger partial charge in [0.05, 0.1) is 12.7 Å². The van der Waals surface area contributed by atoms with Crippen molar-refractivity contribution < 1.29 is 32.4 Å². The molecule has 1 heterocycles. The second-order valence-electron chi connectivity index (χ2n) is 3.25. The number of nitro groups is 1. The summed E-state index contributed by atoms with van der Waals surface area (Å²) in [6.45, 7) is 1.16. The summed E-state index contributed by atoms with van der Waals surface area (Å²) in [5, 5.41) is 10.5. The third kappa shape index (κ3) is 3.70. The number of rotatable bonds is 4. The predicted octanol–water partition coefficient (Wildman–Crippen LogP) is 1.36. The first kappa shape index (κ1) is 15.5. The Morgan fingerprint density at radius 2 is 2.10 bits per heavy atom. The van der Waals surface area contributed by atoms with Gasteiger partial charge in [-0.15, -0.1) is 13.2 Å².